The fourth-order valence-electron chi connectivity index (χ4n) is 5.80. The number of pyridine rings is 1. The minimum atomic E-state index is -0.391. The maximum atomic E-state index is 14.2. The van der Waals surface area contributed by atoms with Crippen LogP contribution in [-0.2, 0) is 22.6 Å². The smallest absolute Gasteiger partial charge is 0.337 e. The number of carbonyl (C=O) groups excluding carboxylic acids is 1. The number of carbonyl (C=O) groups is 1. The zero-order chi connectivity index (χ0) is 29.2. The molecule has 2 saturated heterocycles. The summed E-state index contributed by atoms with van der Waals surface area (Å²) >= 11 is 5.86. The second-order valence-electron chi connectivity index (χ2n) is 11.0. The second-order valence-corrected chi connectivity index (χ2v) is 11.4. The molecule has 0 amide bonds. The van der Waals surface area contributed by atoms with Gasteiger partial charge in [-0.15, -0.1) is 0 Å². The molecular weight excluding hydrogens is 559 g/mol. The van der Waals surface area contributed by atoms with Gasteiger partial charge in [-0.3, -0.25) is 4.90 Å². The van der Waals surface area contributed by atoms with Gasteiger partial charge in [-0.2, -0.15) is 0 Å². The quantitative estimate of drug-likeness (QED) is 0.210. The molecule has 2 aromatic carbocycles. The van der Waals surface area contributed by atoms with Crippen LogP contribution in [0.2, 0.25) is 5.02 Å². The lowest BCUT2D eigenvalue weighted by Gasteiger charge is -2.36. The molecule has 0 radical (unpaired) electrons. The second kappa shape index (κ2) is 12.4. The van der Waals surface area contributed by atoms with Crippen LogP contribution in [0.3, 0.4) is 0 Å². The molecule has 220 valence electrons. The van der Waals surface area contributed by atoms with Crippen LogP contribution in [0.25, 0.3) is 11.0 Å². The maximum Gasteiger partial charge on any atom is 0.337 e. The Hall–Kier alpha value is -3.53. The van der Waals surface area contributed by atoms with Gasteiger partial charge in [0.25, 0.3) is 0 Å². The van der Waals surface area contributed by atoms with E-state index in [1.165, 1.54) is 13.2 Å². The third kappa shape index (κ3) is 6.00. The van der Waals surface area contributed by atoms with Crippen LogP contribution >= 0.6 is 11.6 Å². The molecule has 0 aliphatic carbocycles. The van der Waals surface area contributed by atoms with Crippen molar-refractivity contribution in [3.8, 4) is 5.88 Å². The Morgan fingerprint density at radius 2 is 1.93 bits per heavy atom. The highest BCUT2D eigenvalue weighted by Gasteiger charge is 2.30. The Labute approximate surface area is 249 Å². The van der Waals surface area contributed by atoms with E-state index in [4.69, 9.17) is 35.8 Å². The third-order valence-corrected chi connectivity index (χ3v) is 8.62. The molecule has 4 heterocycles. The predicted octanol–water partition coefficient (Wildman–Crippen LogP) is 6.32. The van der Waals surface area contributed by atoms with Crippen LogP contribution in [0.15, 0.2) is 54.6 Å². The van der Waals surface area contributed by atoms with Gasteiger partial charge in [0.05, 0.1) is 42.4 Å². The Morgan fingerprint density at radius 3 is 2.64 bits per heavy atom. The van der Waals surface area contributed by atoms with Gasteiger partial charge in [-0.05, 0) is 75.7 Å². The van der Waals surface area contributed by atoms with E-state index >= 15 is 0 Å². The van der Waals surface area contributed by atoms with Gasteiger partial charge >= 0.3 is 5.97 Å². The summed E-state index contributed by atoms with van der Waals surface area (Å²) in [6.07, 6.45) is 3.06. The molecule has 2 aromatic heterocycles. The van der Waals surface area contributed by atoms with Gasteiger partial charge in [0.1, 0.15) is 18.2 Å². The normalized spacial score (nSPS) is 18.5. The molecule has 2 aliphatic heterocycles. The number of aromatic nitrogens is 3. The number of benzene rings is 2. The Bertz CT molecular complexity index is 1580. The summed E-state index contributed by atoms with van der Waals surface area (Å²) in [6.45, 7) is 5.55. The summed E-state index contributed by atoms with van der Waals surface area (Å²) in [5.41, 5.74) is 3.71. The van der Waals surface area contributed by atoms with Crippen LogP contribution < -0.4 is 4.74 Å². The zero-order valence-corrected chi connectivity index (χ0v) is 24.5. The molecule has 42 heavy (non-hydrogen) atoms. The van der Waals surface area contributed by atoms with Crippen molar-refractivity contribution in [3.63, 3.8) is 0 Å². The monoisotopic (exact) mass is 592 g/mol. The third-order valence-electron chi connectivity index (χ3n) is 8.38. The molecule has 4 aromatic rings. The number of nitrogens with zero attached hydrogens (tertiary/aromatic N) is 4. The van der Waals surface area contributed by atoms with Crippen LogP contribution in [0.4, 0.5) is 4.39 Å². The number of imidazole rings is 1. The number of fused-ring (bicyclic) bond motifs is 1. The van der Waals surface area contributed by atoms with Crippen molar-refractivity contribution in [1.82, 2.24) is 19.4 Å². The Kier molecular flexibility index (Phi) is 8.42. The number of rotatable bonds is 9. The molecule has 0 N–H and O–H groups in total. The topological polar surface area (TPSA) is 78.7 Å². The number of ether oxygens (including phenoxy) is 3. The molecular formula is C32H34ClFN4O4. The first-order valence-corrected chi connectivity index (χ1v) is 14.7. The first kappa shape index (κ1) is 28.6. The summed E-state index contributed by atoms with van der Waals surface area (Å²) in [5.74, 6) is 1.01. The first-order chi connectivity index (χ1) is 20.4. The number of halogens is 2. The fourth-order valence-corrected chi connectivity index (χ4v) is 5.96. The van der Waals surface area contributed by atoms with E-state index in [0.717, 1.165) is 61.5 Å². The van der Waals surface area contributed by atoms with Gasteiger partial charge in [0.2, 0.25) is 5.88 Å². The molecule has 2 fully saturated rings. The van der Waals surface area contributed by atoms with Crippen LogP contribution in [-0.4, -0.2) is 58.3 Å². The van der Waals surface area contributed by atoms with E-state index in [1.54, 1.807) is 24.3 Å². The van der Waals surface area contributed by atoms with Crippen LogP contribution in [0.5, 0.6) is 5.88 Å². The SMILES string of the molecule is COC(=O)c1ccc2nc(C(C)N3CCC(c4cccc(OCc5ccc(Cl)cc5F)n4)CC3)n(CC3CCO3)c2c1. The summed E-state index contributed by atoms with van der Waals surface area (Å²) in [6, 6.07) is 16.0. The average Bonchev–Trinajstić information content (AvgIpc) is 3.35. The molecule has 0 spiro atoms. The van der Waals surface area contributed by atoms with Gasteiger partial charge in [-0.25, -0.2) is 19.2 Å². The minimum absolute atomic E-state index is 0.0805. The van der Waals surface area contributed by atoms with E-state index in [9.17, 15) is 9.18 Å². The fraction of sp³-hybridized carbons (Fsp3) is 0.406. The van der Waals surface area contributed by atoms with Gasteiger partial charge in [-0.1, -0.05) is 23.7 Å². The van der Waals surface area contributed by atoms with E-state index in [-0.39, 0.29) is 24.7 Å². The lowest BCUT2D eigenvalue weighted by Crippen LogP contribution is -2.37. The number of likely N-dealkylation sites (tertiary alicyclic amines) is 1. The molecule has 6 rings (SSSR count). The van der Waals surface area contributed by atoms with E-state index < -0.39 is 5.82 Å². The zero-order valence-electron chi connectivity index (χ0n) is 23.8. The summed E-state index contributed by atoms with van der Waals surface area (Å²) < 4.78 is 32.9. The lowest BCUT2D eigenvalue weighted by molar-refractivity contribution is -0.0594. The summed E-state index contributed by atoms with van der Waals surface area (Å²) in [7, 11) is 1.39. The molecule has 0 saturated carbocycles. The standard InChI is InChI=1S/C32H34ClFN4O4/c1-20(31-36-28-9-7-22(32(39)40-2)16-29(28)38(31)18-25-12-15-41-25)37-13-10-21(11-14-37)27-4-3-5-30(35-27)42-19-23-6-8-24(33)17-26(23)34/h3-9,16-17,20-21,25H,10-15,18-19H2,1-2H3. The highest BCUT2D eigenvalue weighted by atomic mass is 35.5. The number of piperidine rings is 1. The van der Waals surface area contributed by atoms with Crippen LogP contribution in [0, 0.1) is 5.82 Å². The molecule has 2 aliphatic rings. The largest absolute Gasteiger partial charge is 0.473 e. The maximum absolute atomic E-state index is 14.2. The van der Waals surface area contributed by atoms with E-state index in [1.807, 2.05) is 24.3 Å². The highest BCUT2D eigenvalue weighted by Crippen LogP contribution is 2.34. The van der Waals surface area contributed by atoms with Gasteiger partial charge < -0.3 is 18.8 Å². The van der Waals surface area contributed by atoms with Crippen molar-refractivity contribution < 1.29 is 23.4 Å². The van der Waals surface area contributed by atoms with Crippen molar-refractivity contribution in [3.05, 3.63) is 88.1 Å². The number of hydrogen-bond acceptors (Lipinski definition) is 7. The average molecular weight is 593 g/mol. The Morgan fingerprint density at radius 1 is 1.12 bits per heavy atom. The van der Waals surface area contributed by atoms with Crippen molar-refractivity contribution in [2.75, 3.05) is 26.8 Å². The summed E-state index contributed by atoms with van der Waals surface area (Å²) in [4.78, 5) is 24.5. The van der Waals surface area contributed by atoms with Crippen molar-refractivity contribution >= 4 is 28.6 Å². The molecule has 0 bridgehead atoms. The van der Waals surface area contributed by atoms with Gasteiger partial charge in [0, 0.05) is 34.9 Å². The molecule has 2 unspecified atom stereocenters. The van der Waals surface area contributed by atoms with Gasteiger partial charge in [0.15, 0.2) is 0 Å². The predicted molar refractivity (Wildman–Crippen MR) is 157 cm³/mol. The number of methoxy groups -OCH3 is 1. The Balaban J connectivity index is 1.14. The minimum Gasteiger partial charge on any atom is -0.473 e. The molecule has 10 heteroatoms. The highest BCUT2D eigenvalue weighted by molar-refractivity contribution is 6.30. The first-order valence-electron chi connectivity index (χ1n) is 14.4. The number of hydrogen-bond donors (Lipinski definition) is 0. The molecule has 8 nitrogen and oxygen atoms in total. The lowest BCUT2D eigenvalue weighted by atomic mass is 9.92. The van der Waals surface area contributed by atoms with Crippen molar-refractivity contribution in [2.45, 2.75) is 57.4 Å². The summed E-state index contributed by atoms with van der Waals surface area (Å²) in [5, 5.41) is 0.356. The van der Waals surface area contributed by atoms with E-state index in [0.29, 0.717) is 34.5 Å². The molecule has 2 atom stereocenters. The van der Waals surface area contributed by atoms with Crippen molar-refractivity contribution in [2.24, 2.45) is 0 Å². The van der Waals surface area contributed by atoms with Crippen LogP contribution in [0.1, 0.15) is 65.6 Å². The number of esters is 1. The van der Waals surface area contributed by atoms with Crippen molar-refractivity contribution in [1.29, 1.82) is 0 Å². The van der Waals surface area contributed by atoms with E-state index in [2.05, 4.69) is 16.4 Å².